The van der Waals surface area contributed by atoms with Crippen molar-refractivity contribution in [3.8, 4) is 0 Å². The fourth-order valence-electron chi connectivity index (χ4n) is 1.50. The molecule has 0 N–H and O–H groups in total. The highest BCUT2D eigenvalue weighted by molar-refractivity contribution is 5.78. The van der Waals surface area contributed by atoms with E-state index < -0.39 is 0 Å². The van der Waals surface area contributed by atoms with Crippen molar-refractivity contribution in [3.05, 3.63) is 12.2 Å². The van der Waals surface area contributed by atoms with Gasteiger partial charge in [0, 0.05) is 12.8 Å². The molecular weight excluding hydrogens is 184 g/mol. The maximum atomic E-state index is 11.4. The van der Waals surface area contributed by atoms with Gasteiger partial charge in [-0.3, -0.25) is 4.79 Å². The van der Waals surface area contributed by atoms with Crippen LogP contribution in [0.1, 0.15) is 71.6 Å². The van der Waals surface area contributed by atoms with Crippen LogP contribution in [0.5, 0.6) is 0 Å². The van der Waals surface area contributed by atoms with Crippen molar-refractivity contribution in [3.63, 3.8) is 0 Å². The Morgan fingerprint density at radius 3 is 2.20 bits per heavy atom. The van der Waals surface area contributed by atoms with E-state index in [0.717, 1.165) is 25.7 Å². The molecule has 0 radical (unpaired) electrons. The number of rotatable bonds is 10. The summed E-state index contributed by atoms with van der Waals surface area (Å²) >= 11 is 0. The molecule has 0 bridgehead atoms. The topological polar surface area (TPSA) is 17.1 Å². The molecule has 0 fully saturated rings. The maximum absolute atomic E-state index is 11.4. The lowest BCUT2D eigenvalue weighted by Gasteiger charge is -1.97. The highest BCUT2D eigenvalue weighted by Gasteiger charge is 1.98. The normalized spacial score (nSPS) is 11.1. The molecule has 15 heavy (non-hydrogen) atoms. The van der Waals surface area contributed by atoms with Crippen LogP contribution in [0.3, 0.4) is 0 Å². The summed E-state index contributed by atoms with van der Waals surface area (Å²) in [5, 5.41) is 0. The number of hydrogen-bond donors (Lipinski definition) is 0. The van der Waals surface area contributed by atoms with Gasteiger partial charge in [-0.05, 0) is 19.3 Å². The van der Waals surface area contributed by atoms with Crippen LogP contribution >= 0.6 is 0 Å². The first-order valence-corrected chi connectivity index (χ1v) is 6.48. The van der Waals surface area contributed by atoms with E-state index in [1.807, 2.05) is 0 Å². The van der Waals surface area contributed by atoms with Crippen molar-refractivity contribution in [1.29, 1.82) is 0 Å². The molecule has 0 rings (SSSR count). The van der Waals surface area contributed by atoms with E-state index in [9.17, 15) is 4.79 Å². The Bertz CT molecular complexity index is 170. The lowest BCUT2D eigenvalue weighted by atomic mass is 10.1. The summed E-state index contributed by atoms with van der Waals surface area (Å²) in [5.41, 5.74) is 0. The van der Waals surface area contributed by atoms with Crippen molar-refractivity contribution in [1.82, 2.24) is 0 Å². The van der Waals surface area contributed by atoms with E-state index in [2.05, 4.69) is 26.0 Å². The molecule has 0 saturated heterocycles. The minimum Gasteiger partial charge on any atom is -0.300 e. The van der Waals surface area contributed by atoms with Crippen molar-refractivity contribution >= 4 is 5.78 Å². The van der Waals surface area contributed by atoms with Crippen LogP contribution in [-0.4, -0.2) is 5.78 Å². The Hall–Kier alpha value is -0.590. The highest BCUT2D eigenvalue weighted by atomic mass is 16.1. The van der Waals surface area contributed by atoms with Crippen molar-refractivity contribution in [2.24, 2.45) is 0 Å². The molecule has 1 nitrogen and oxygen atoms in total. The first kappa shape index (κ1) is 14.4. The molecule has 0 aromatic carbocycles. The molecule has 0 aliphatic rings. The first-order chi connectivity index (χ1) is 7.31. The molecule has 0 unspecified atom stereocenters. The van der Waals surface area contributed by atoms with Gasteiger partial charge in [0.25, 0.3) is 0 Å². The van der Waals surface area contributed by atoms with Gasteiger partial charge in [0.05, 0.1) is 0 Å². The summed E-state index contributed by atoms with van der Waals surface area (Å²) in [5.74, 6) is 0.434. The Kier molecular flexibility index (Phi) is 11.0. The predicted molar refractivity (Wildman–Crippen MR) is 67.0 cm³/mol. The third kappa shape index (κ3) is 11.3. The summed E-state index contributed by atoms with van der Waals surface area (Å²) in [7, 11) is 0. The fourth-order valence-corrected chi connectivity index (χ4v) is 1.50. The first-order valence-electron chi connectivity index (χ1n) is 6.48. The molecular formula is C14H26O. The van der Waals surface area contributed by atoms with Gasteiger partial charge in [-0.25, -0.2) is 0 Å². The van der Waals surface area contributed by atoms with Gasteiger partial charge in [-0.2, -0.15) is 0 Å². The molecule has 0 atom stereocenters. The van der Waals surface area contributed by atoms with E-state index in [-0.39, 0.29) is 0 Å². The number of hydrogen-bond acceptors (Lipinski definition) is 1. The van der Waals surface area contributed by atoms with Crippen LogP contribution in [0.15, 0.2) is 12.2 Å². The monoisotopic (exact) mass is 210 g/mol. The minimum absolute atomic E-state index is 0.434. The van der Waals surface area contributed by atoms with E-state index in [1.165, 1.54) is 32.1 Å². The highest BCUT2D eigenvalue weighted by Crippen LogP contribution is 2.04. The molecule has 0 spiro atoms. The van der Waals surface area contributed by atoms with Crippen LogP contribution < -0.4 is 0 Å². The maximum Gasteiger partial charge on any atom is 0.133 e. The molecule has 0 aromatic rings. The minimum atomic E-state index is 0.434. The summed E-state index contributed by atoms with van der Waals surface area (Å²) in [6.45, 7) is 4.37. The van der Waals surface area contributed by atoms with Crippen LogP contribution in [0.25, 0.3) is 0 Å². The smallest absolute Gasteiger partial charge is 0.133 e. The van der Waals surface area contributed by atoms with Gasteiger partial charge >= 0.3 is 0 Å². The number of allylic oxidation sites excluding steroid dienone is 2. The third-order valence-electron chi connectivity index (χ3n) is 2.54. The predicted octanol–water partition coefficient (Wildman–Crippen LogP) is 4.66. The zero-order chi connectivity index (χ0) is 11.4. The second-order valence-electron chi connectivity index (χ2n) is 4.15. The van der Waals surface area contributed by atoms with Gasteiger partial charge < -0.3 is 0 Å². The van der Waals surface area contributed by atoms with Gasteiger partial charge in [0.15, 0.2) is 0 Å². The fraction of sp³-hybridized carbons (Fsp3) is 0.786. The Balaban J connectivity index is 3.26. The van der Waals surface area contributed by atoms with Gasteiger partial charge in [0.2, 0.25) is 0 Å². The quantitative estimate of drug-likeness (QED) is 0.378. The second-order valence-corrected chi connectivity index (χ2v) is 4.15. The Labute approximate surface area is 95.0 Å². The number of carbonyl (C=O) groups excluding carboxylic acids is 1. The Morgan fingerprint density at radius 2 is 1.53 bits per heavy atom. The summed E-state index contributed by atoms with van der Waals surface area (Å²) < 4.78 is 0. The van der Waals surface area contributed by atoms with Crippen molar-refractivity contribution in [2.75, 3.05) is 0 Å². The van der Waals surface area contributed by atoms with Gasteiger partial charge in [-0.15, -0.1) is 0 Å². The van der Waals surface area contributed by atoms with Crippen LogP contribution in [0.2, 0.25) is 0 Å². The SMILES string of the molecule is CCCC/C=C/CCC(=O)CCCCC. The molecule has 0 aromatic heterocycles. The third-order valence-corrected chi connectivity index (χ3v) is 2.54. The largest absolute Gasteiger partial charge is 0.300 e. The van der Waals surface area contributed by atoms with E-state index >= 15 is 0 Å². The molecule has 0 aliphatic carbocycles. The summed E-state index contributed by atoms with van der Waals surface area (Å²) in [6.07, 6.45) is 14.0. The van der Waals surface area contributed by atoms with Gasteiger partial charge in [-0.1, -0.05) is 51.7 Å². The molecule has 1 heteroatoms. The number of unbranched alkanes of at least 4 members (excludes halogenated alkanes) is 4. The van der Waals surface area contributed by atoms with Crippen molar-refractivity contribution in [2.45, 2.75) is 71.6 Å². The van der Waals surface area contributed by atoms with Gasteiger partial charge in [0.1, 0.15) is 5.78 Å². The molecule has 0 aliphatic heterocycles. The second kappa shape index (κ2) is 11.5. The lowest BCUT2D eigenvalue weighted by molar-refractivity contribution is -0.119. The standard InChI is InChI=1S/C14H26O/c1-3-5-7-8-9-11-13-14(15)12-10-6-4-2/h8-9H,3-7,10-13H2,1-2H3/b9-8+. The lowest BCUT2D eigenvalue weighted by Crippen LogP contribution is -1.96. The zero-order valence-electron chi connectivity index (χ0n) is 10.4. The van der Waals surface area contributed by atoms with Crippen molar-refractivity contribution < 1.29 is 4.79 Å². The van der Waals surface area contributed by atoms with E-state index in [4.69, 9.17) is 0 Å². The number of Topliss-reactive ketones (excluding diaryl/α,β-unsaturated/α-hetero) is 1. The average molecular weight is 210 g/mol. The van der Waals surface area contributed by atoms with Crippen LogP contribution in [0, 0.1) is 0 Å². The number of carbonyl (C=O) groups is 1. The average Bonchev–Trinajstić information content (AvgIpc) is 2.23. The zero-order valence-corrected chi connectivity index (χ0v) is 10.4. The molecule has 0 heterocycles. The van der Waals surface area contributed by atoms with Crippen LogP contribution in [-0.2, 0) is 4.79 Å². The van der Waals surface area contributed by atoms with E-state index in [1.54, 1.807) is 0 Å². The molecule has 0 saturated carbocycles. The van der Waals surface area contributed by atoms with E-state index in [0.29, 0.717) is 5.78 Å². The molecule has 88 valence electrons. The summed E-state index contributed by atoms with van der Waals surface area (Å²) in [4.78, 5) is 11.4. The molecule has 0 amide bonds. The summed E-state index contributed by atoms with van der Waals surface area (Å²) in [6, 6.07) is 0. The van der Waals surface area contributed by atoms with Crippen LogP contribution in [0.4, 0.5) is 0 Å². The Morgan fingerprint density at radius 1 is 0.867 bits per heavy atom. The number of ketones is 1.